The molecular weight excluding hydrogens is 470 g/mol. The van der Waals surface area contributed by atoms with E-state index in [9.17, 15) is 5.11 Å². The van der Waals surface area contributed by atoms with Crippen LogP contribution in [0.15, 0.2) is 36.4 Å². The predicted molar refractivity (Wildman–Crippen MR) is 166 cm³/mol. The van der Waals surface area contributed by atoms with Crippen LogP contribution in [0.4, 0.5) is 0 Å². The molecule has 212 valence electrons. The van der Waals surface area contributed by atoms with Crippen molar-refractivity contribution in [3.05, 3.63) is 75.3 Å². The van der Waals surface area contributed by atoms with Crippen molar-refractivity contribution in [1.82, 2.24) is 0 Å². The van der Waals surface area contributed by atoms with Gasteiger partial charge in [-0.1, -0.05) is 50.2 Å². The van der Waals surface area contributed by atoms with Gasteiger partial charge in [0.1, 0.15) is 5.75 Å². The topological polar surface area (TPSA) is 75.7 Å². The van der Waals surface area contributed by atoms with Crippen LogP contribution in [0.1, 0.15) is 86.6 Å². The number of aryl methyl sites for hydroxylation is 4. The molecule has 4 N–H and O–H groups in total. The van der Waals surface area contributed by atoms with E-state index in [2.05, 4.69) is 104 Å². The lowest BCUT2D eigenvalue weighted by molar-refractivity contribution is -0.0530. The number of aromatic hydroxyl groups is 1. The molecule has 0 aliphatic rings. The van der Waals surface area contributed by atoms with Crippen molar-refractivity contribution < 1.29 is 14.9 Å². The number of aliphatic hydroxyl groups excluding tert-OH is 1. The summed E-state index contributed by atoms with van der Waals surface area (Å²) in [7, 11) is 2.50. The molecule has 0 aliphatic heterocycles. The molecule has 38 heavy (non-hydrogen) atoms. The maximum absolute atomic E-state index is 11.4. The highest BCUT2D eigenvalue weighted by molar-refractivity contribution is 5.87. The molecular formula is C34H53NO3. The summed E-state index contributed by atoms with van der Waals surface area (Å²) in [5.41, 5.74) is 16.5. The molecule has 0 saturated carbocycles. The molecule has 0 amide bonds. The predicted octanol–water partition coefficient (Wildman–Crippen LogP) is 8.66. The van der Waals surface area contributed by atoms with Crippen LogP contribution in [0.25, 0.3) is 22.3 Å². The Bertz CT molecular complexity index is 1170. The summed E-state index contributed by atoms with van der Waals surface area (Å²) in [5.74, 6) is 0.345. The van der Waals surface area contributed by atoms with E-state index in [0.29, 0.717) is 5.75 Å². The molecule has 0 aliphatic carbocycles. The molecule has 3 aromatic carbocycles. The molecule has 0 heterocycles. The zero-order chi connectivity index (χ0) is 30.0. The zero-order valence-electron chi connectivity index (χ0n) is 26.4. The van der Waals surface area contributed by atoms with Crippen molar-refractivity contribution in [1.29, 1.82) is 0 Å². The second kappa shape index (κ2) is 15.7. The van der Waals surface area contributed by atoms with E-state index >= 15 is 0 Å². The quantitative estimate of drug-likeness (QED) is 0.320. The van der Waals surface area contributed by atoms with Gasteiger partial charge < -0.3 is 20.7 Å². The lowest BCUT2D eigenvalue weighted by Gasteiger charge is -2.30. The third kappa shape index (κ3) is 8.42. The van der Waals surface area contributed by atoms with Gasteiger partial charge in [0.05, 0.1) is 11.7 Å². The van der Waals surface area contributed by atoms with Crippen molar-refractivity contribution in [3.8, 4) is 28.0 Å². The Morgan fingerprint density at radius 2 is 1.08 bits per heavy atom. The Balaban J connectivity index is 0.00000213. The van der Waals surface area contributed by atoms with Gasteiger partial charge in [-0.05, 0) is 132 Å². The minimum absolute atomic E-state index is 0.162. The molecule has 4 heteroatoms. The van der Waals surface area contributed by atoms with E-state index in [1.54, 1.807) is 0 Å². The van der Waals surface area contributed by atoms with Gasteiger partial charge in [0.15, 0.2) is 0 Å². The molecule has 0 fully saturated rings. The van der Waals surface area contributed by atoms with E-state index in [-0.39, 0.29) is 11.7 Å². The number of ether oxygens (including phenoxy) is 1. The van der Waals surface area contributed by atoms with Gasteiger partial charge >= 0.3 is 0 Å². The van der Waals surface area contributed by atoms with Gasteiger partial charge in [0.2, 0.25) is 0 Å². The number of phenols is 1. The number of nitrogens with two attached hydrogens (primary N) is 1. The van der Waals surface area contributed by atoms with Crippen molar-refractivity contribution in [3.63, 3.8) is 0 Å². The molecule has 0 bridgehead atoms. The maximum Gasteiger partial charge on any atom is 0.126 e. The Labute approximate surface area is 232 Å². The van der Waals surface area contributed by atoms with E-state index in [4.69, 9.17) is 9.84 Å². The van der Waals surface area contributed by atoms with Gasteiger partial charge in [-0.2, -0.15) is 0 Å². The van der Waals surface area contributed by atoms with E-state index in [1.807, 2.05) is 20.8 Å². The summed E-state index contributed by atoms with van der Waals surface area (Å²) in [6.07, 6.45) is -0.162. The molecule has 0 saturated heterocycles. The van der Waals surface area contributed by atoms with Gasteiger partial charge in [-0.3, -0.25) is 0 Å². The average Bonchev–Trinajstić information content (AvgIpc) is 2.88. The average molecular weight is 524 g/mol. The van der Waals surface area contributed by atoms with Crippen LogP contribution in [0.3, 0.4) is 0 Å². The Hall–Kier alpha value is -2.66. The number of aliphatic hydroxyl groups is 1. The first-order valence-electron chi connectivity index (χ1n) is 13.5. The number of hydrogen-bond acceptors (Lipinski definition) is 4. The SMILES string of the molecule is CC.CN.CO.Cc1ccc(-c2c(C)c(-c3ccc(C)c(C)c3)c(C(C)OC(C)(C)C)c(C)c2O)cc1C. The van der Waals surface area contributed by atoms with Gasteiger partial charge in [-0.25, -0.2) is 0 Å². The van der Waals surface area contributed by atoms with Crippen molar-refractivity contribution in [2.45, 2.75) is 94.8 Å². The molecule has 1 unspecified atom stereocenters. The first-order valence-corrected chi connectivity index (χ1v) is 13.5. The van der Waals surface area contributed by atoms with Crippen LogP contribution < -0.4 is 5.73 Å². The number of phenolic OH excluding ortho intramolecular Hbond substituents is 1. The van der Waals surface area contributed by atoms with Crippen molar-refractivity contribution >= 4 is 0 Å². The summed E-state index contributed by atoms with van der Waals surface area (Å²) in [4.78, 5) is 0. The van der Waals surface area contributed by atoms with Gasteiger partial charge in [-0.15, -0.1) is 0 Å². The summed E-state index contributed by atoms with van der Waals surface area (Å²) in [5, 5.41) is 18.4. The van der Waals surface area contributed by atoms with Crippen LogP contribution in [0.2, 0.25) is 0 Å². The van der Waals surface area contributed by atoms with Crippen LogP contribution in [-0.2, 0) is 4.74 Å². The molecule has 1 atom stereocenters. The third-order valence-corrected chi connectivity index (χ3v) is 6.54. The summed E-state index contributed by atoms with van der Waals surface area (Å²) < 4.78 is 6.40. The summed E-state index contributed by atoms with van der Waals surface area (Å²) in [6, 6.07) is 13.1. The van der Waals surface area contributed by atoms with E-state index in [1.165, 1.54) is 29.3 Å². The number of benzene rings is 3. The largest absolute Gasteiger partial charge is 0.507 e. The number of hydrogen-bond donors (Lipinski definition) is 3. The molecule has 3 aromatic rings. The smallest absolute Gasteiger partial charge is 0.126 e. The minimum Gasteiger partial charge on any atom is -0.507 e. The molecule has 3 rings (SSSR count). The second-order valence-electron chi connectivity index (χ2n) is 10.2. The first kappa shape index (κ1) is 35.3. The van der Waals surface area contributed by atoms with Crippen molar-refractivity contribution in [2.24, 2.45) is 5.73 Å². The molecule has 0 aromatic heterocycles. The fourth-order valence-corrected chi connectivity index (χ4v) is 4.62. The Morgan fingerprint density at radius 1 is 0.684 bits per heavy atom. The highest BCUT2D eigenvalue weighted by Crippen LogP contribution is 2.47. The highest BCUT2D eigenvalue weighted by atomic mass is 16.5. The lowest BCUT2D eigenvalue weighted by Crippen LogP contribution is -2.22. The van der Waals surface area contributed by atoms with Crippen LogP contribution >= 0.6 is 0 Å². The monoisotopic (exact) mass is 523 g/mol. The van der Waals surface area contributed by atoms with Crippen LogP contribution in [0.5, 0.6) is 5.75 Å². The standard InChI is InChI=1S/C30H38O2.C2H6.CH5N.CH4O/c1-17-11-13-24(15-19(17)3)27-21(5)28(25-14-12-18(2)20(4)16-25)29(31)22(6)26(27)23(7)32-30(8,9)10;3*1-2/h11-16,23,31H,1-10H3;1-2H3;2H2,1H3;2H,1H3. The van der Waals surface area contributed by atoms with E-state index in [0.717, 1.165) is 46.1 Å². The maximum atomic E-state index is 11.4. The Kier molecular flexibility index (Phi) is 14.6. The zero-order valence-corrected chi connectivity index (χ0v) is 26.4. The Morgan fingerprint density at radius 3 is 1.45 bits per heavy atom. The van der Waals surface area contributed by atoms with Gasteiger partial charge in [0.25, 0.3) is 0 Å². The first-order chi connectivity index (χ1) is 17.8. The van der Waals surface area contributed by atoms with Crippen LogP contribution in [0, 0.1) is 41.5 Å². The normalized spacial score (nSPS) is 11.3. The van der Waals surface area contributed by atoms with Crippen LogP contribution in [-0.4, -0.2) is 30.0 Å². The summed E-state index contributed by atoms with van der Waals surface area (Å²) >= 11 is 0. The third-order valence-electron chi connectivity index (χ3n) is 6.54. The second-order valence-corrected chi connectivity index (χ2v) is 10.2. The molecule has 0 spiro atoms. The fourth-order valence-electron chi connectivity index (χ4n) is 4.62. The minimum atomic E-state index is -0.289. The van der Waals surface area contributed by atoms with Crippen molar-refractivity contribution in [2.75, 3.05) is 14.2 Å². The summed E-state index contributed by atoms with van der Waals surface area (Å²) in [6.45, 7) is 25.0. The fraction of sp³-hybridized carbons (Fsp3) is 0.471. The molecule has 4 nitrogen and oxygen atoms in total. The van der Waals surface area contributed by atoms with Gasteiger partial charge in [0, 0.05) is 12.7 Å². The van der Waals surface area contributed by atoms with E-state index < -0.39 is 0 Å². The molecule has 0 radical (unpaired) electrons. The number of rotatable bonds is 4. The lowest BCUT2D eigenvalue weighted by atomic mass is 9.82. The highest BCUT2D eigenvalue weighted by Gasteiger charge is 2.27.